The van der Waals surface area contributed by atoms with Crippen molar-refractivity contribution in [2.75, 3.05) is 0 Å². The van der Waals surface area contributed by atoms with E-state index in [9.17, 15) is 0 Å². The van der Waals surface area contributed by atoms with Crippen LogP contribution in [0, 0.1) is 11.3 Å². The predicted molar refractivity (Wildman–Crippen MR) is 72.5 cm³/mol. The molecule has 0 saturated heterocycles. The lowest BCUT2D eigenvalue weighted by atomic mass is 10.2. The number of aromatic nitrogens is 4. The predicted octanol–water partition coefficient (Wildman–Crippen LogP) is 2.86. The smallest absolute Gasteiger partial charge is 0.250 e. The van der Waals surface area contributed by atoms with Crippen LogP contribution in [0.15, 0.2) is 30.6 Å². The molecule has 1 aromatic carbocycles. The van der Waals surface area contributed by atoms with Gasteiger partial charge in [0, 0.05) is 0 Å². The molecule has 7 heteroatoms. The molecule has 98 valence electrons. The molecule has 0 fully saturated rings. The maximum Gasteiger partial charge on any atom is 0.250 e. The van der Waals surface area contributed by atoms with Crippen molar-refractivity contribution in [3.8, 4) is 17.7 Å². The number of imidazole rings is 1. The number of benzene rings is 1. The molecule has 2 aromatic heterocycles. The van der Waals surface area contributed by atoms with E-state index in [-0.39, 0.29) is 5.28 Å². The first kappa shape index (κ1) is 12.4. The van der Waals surface area contributed by atoms with Crippen molar-refractivity contribution in [3.05, 3.63) is 41.4 Å². The van der Waals surface area contributed by atoms with Crippen LogP contribution in [-0.4, -0.2) is 19.9 Å². The average Bonchev–Trinajstić information content (AvgIpc) is 2.89. The number of hydrogen-bond acceptors (Lipinski definition) is 5. The molecule has 2 heterocycles. The molecule has 0 spiro atoms. The third kappa shape index (κ3) is 2.39. The van der Waals surface area contributed by atoms with Crippen LogP contribution < -0.4 is 4.74 Å². The van der Waals surface area contributed by atoms with E-state index in [1.54, 1.807) is 12.1 Å². The third-order valence-electron chi connectivity index (χ3n) is 2.65. The van der Waals surface area contributed by atoms with Crippen molar-refractivity contribution in [2.45, 2.75) is 6.42 Å². The highest BCUT2D eigenvalue weighted by Gasteiger charge is 2.11. The fourth-order valence-corrected chi connectivity index (χ4v) is 1.89. The first-order valence-electron chi connectivity index (χ1n) is 5.76. The Balaban J connectivity index is 1.93. The minimum absolute atomic E-state index is 0.0701. The number of halogens is 1. The molecule has 20 heavy (non-hydrogen) atoms. The molecule has 0 unspecified atom stereocenters. The van der Waals surface area contributed by atoms with Gasteiger partial charge < -0.3 is 9.72 Å². The number of nitriles is 1. The molecule has 1 N–H and O–H groups in total. The van der Waals surface area contributed by atoms with Crippen LogP contribution in [0.2, 0.25) is 5.28 Å². The Morgan fingerprint density at radius 1 is 1.25 bits per heavy atom. The molecule has 0 bridgehead atoms. The van der Waals surface area contributed by atoms with Crippen molar-refractivity contribution in [1.29, 1.82) is 5.26 Å². The summed E-state index contributed by atoms with van der Waals surface area (Å²) in [6.07, 6.45) is 1.86. The van der Waals surface area contributed by atoms with E-state index < -0.39 is 0 Å². The standard InChI is InChI=1S/C13H8ClN5O/c14-13-18-11-10(16-7-17-11)12(19-13)20-9-3-1-8(2-4-9)5-6-15/h1-4,7H,5H2,(H,16,17,18,19). The molecule has 0 radical (unpaired) electrons. The van der Waals surface area contributed by atoms with Crippen molar-refractivity contribution in [2.24, 2.45) is 0 Å². The van der Waals surface area contributed by atoms with E-state index in [0.29, 0.717) is 29.2 Å². The van der Waals surface area contributed by atoms with E-state index in [0.717, 1.165) is 5.56 Å². The molecule has 0 saturated carbocycles. The van der Waals surface area contributed by atoms with E-state index in [1.165, 1.54) is 6.33 Å². The quantitative estimate of drug-likeness (QED) is 0.748. The third-order valence-corrected chi connectivity index (χ3v) is 2.82. The van der Waals surface area contributed by atoms with Crippen LogP contribution in [0.25, 0.3) is 11.2 Å². The summed E-state index contributed by atoms with van der Waals surface area (Å²) in [6.45, 7) is 0. The number of hydrogen-bond donors (Lipinski definition) is 1. The second-order valence-electron chi connectivity index (χ2n) is 3.98. The van der Waals surface area contributed by atoms with Gasteiger partial charge in [0.2, 0.25) is 11.2 Å². The molecule has 6 nitrogen and oxygen atoms in total. The molecule has 0 aliphatic heterocycles. The highest BCUT2D eigenvalue weighted by atomic mass is 35.5. The average molecular weight is 286 g/mol. The summed E-state index contributed by atoms with van der Waals surface area (Å²) in [4.78, 5) is 14.9. The largest absolute Gasteiger partial charge is 0.437 e. The van der Waals surface area contributed by atoms with Gasteiger partial charge in [0.05, 0.1) is 18.8 Å². The number of ether oxygens (including phenoxy) is 1. The number of aromatic amines is 1. The summed E-state index contributed by atoms with van der Waals surface area (Å²) >= 11 is 5.82. The lowest BCUT2D eigenvalue weighted by molar-refractivity contribution is 0.467. The molecule has 0 aliphatic rings. The Morgan fingerprint density at radius 2 is 2.05 bits per heavy atom. The van der Waals surface area contributed by atoms with E-state index in [4.69, 9.17) is 21.6 Å². The SMILES string of the molecule is N#CCc1ccc(Oc2nc(Cl)nc3nc[nH]c23)cc1. The van der Waals surface area contributed by atoms with Gasteiger partial charge in [-0.2, -0.15) is 15.2 Å². The van der Waals surface area contributed by atoms with Crippen molar-refractivity contribution in [3.63, 3.8) is 0 Å². The molecular weight excluding hydrogens is 278 g/mol. The number of nitrogens with one attached hydrogen (secondary N) is 1. The van der Waals surface area contributed by atoms with Gasteiger partial charge in [-0.25, -0.2) is 4.98 Å². The minimum Gasteiger partial charge on any atom is -0.437 e. The normalized spacial score (nSPS) is 10.4. The topological polar surface area (TPSA) is 87.5 Å². The zero-order chi connectivity index (χ0) is 13.9. The molecule has 0 atom stereocenters. The van der Waals surface area contributed by atoms with Crippen molar-refractivity contribution < 1.29 is 4.74 Å². The summed E-state index contributed by atoms with van der Waals surface area (Å²) in [5.74, 6) is 0.905. The minimum atomic E-state index is 0.0701. The van der Waals surface area contributed by atoms with Gasteiger partial charge in [-0.3, -0.25) is 0 Å². The van der Waals surface area contributed by atoms with Crippen LogP contribution >= 0.6 is 11.6 Å². The lowest BCUT2D eigenvalue weighted by Gasteiger charge is -2.06. The molecule has 3 rings (SSSR count). The zero-order valence-corrected chi connectivity index (χ0v) is 10.9. The lowest BCUT2D eigenvalue weighted by Crippen LogP contribution is -1.93. The second-order valence-corrected chi connectivity index (χ2v) is 4.32. The summed E-state index contributed by atoms with van der Waals surface area (Å²) in [5, 5.41) is 8.70. The fourth-order valence-electron chi connectivity index (χ4n) is 1.73. The van der Waals surface area contributed by atoms with E-state index in [1.807, 2.05) is 12.1 Å². The van der Waals surface area contributed by atoms with Gasteiger partial charge >= 0.3 is 0 Å². The number of H-pyrrole nitrogens is 1. The summed E-state index contributed by atoms with van der Waals surface area (Å²) in [5.41, 5.74) is 1.95. The van der Waals surface area contributed by atoms with Crippen LogP contribution in [0.1, 0.15) is 5.56 Å². The Morgan fingerprint density at radius 3 is 2.80 bits per heavy atom. The first-order valence-corrected chi connectivity index (χ1v) is 6.14. The highest BCUT2D eigenvalue weighted by molar-refractivity contribution is 6.28. The van der Waals surface area contributed by atoms with Gasteiger partial charge in [0.25, 0.3) is 0 Å². The second kappa shape index (κ2) is 5.15. The maximum atomic E-state index is 8.63. The van der Waals surface area contributed by atoms with E-state index in [2.05, 4.69) is 26.0 Å². The van der Waals surface area contributed by atoms with Crippen LogP contribution in [-0.2, 0) is 6.42 Å². The summed E-state index contributed by atoms with van der Waals surface area (Å²) < 4.78 is 5.67. The van der Waals surface area contributed by atoms with Crippen LogP contribution in [0.3, 0.4) is 0 Å². The molecule has 0 aliphatic carbocycles. The number of nitrogens with zero attached hydrogens (tertiary/aromatic N) is 4. The van der Waals surface area contributed by atoms with Gasteiger partial charge in [0.1, 0.15) is 11.3 Å². The Hall–Kier alpha value is -2.65. The highest BCUT2D eigenvalue weighted by Crippen LogP contribution is 2.26. The monoisotopic (exact) mass is 285 g/mol. The van der Waals surface area contributed by atoms with Gasteiger partial charge in [-0.15, -0.1) is 0 Å². The molecule has 3 aromatic rings. The Kier molecular flexibility index (Phi) is 3.19. The van der Waals surface area contributed by atoms with E-state index >= 15 is 0 Å². The van der Waals surface area contributed by atoms with Crippen LogP contribution in [0.5, 0.6) is 11.6 Å². The number of rotatable bonds is 3. The Labute approximate surface area is 119 Å². The van der Waals surface area contributed by atoms with Gasteiger partial charge in [-0.05, 0) is 29.3 Å². The zero-order valence-electron chi connectivity index (χ0n) is 10.2. The molecule has 0 amide bonds. The summed E-state index contributed by atoms with van der Waals surface area (Å²) in [6, 6.07) is 9.28. The fraction of sp³-hybridized carbons (Fsp3) is 0.0769. The number of fused-ring (bicyclic) bond motifs is 1. The van der Waals surface area contributed by atoms with Gasteiger partial charge in [-0.1, -0.05) is 12.1 Å². The summed E-state index contributed by atoms with van der Waals surface area (Å²) in [7, 11) is 0. The van der Waals surface area contributed by atoms with Crippen molar-refractivity contribution >= 4 is 22.8 Å². The van der Waals surface area contributed by atoms with Crippen molar-refractivity contribution in [1.82, 2.24) is 19.9 Å². The van der Waals surface area contributed by atoms with Crippen LogP contribution in [0.4, 0.5) is 0 Å². The maximum absolute atomic E-state index is 8.63. The molecular formula is C13H8ClN5O. The Bertz CT molecular complexity index is 791. The van der Waals surface area contributed by atoms with Gasteiger partial charge in [0.15, 0.2) is 5.65 Å². The first-order chi connectivity index (χ1) is 9.76.